The van der Waals surface area contributed by atoms with Gasteiger partial charge in [-0.2, -0.15) is 0 Å². The van der Waals surface area contributed by atoms with Gasteiger partial charge in [-0.05, 0) is 64.8 Å². The molecule has 0 aliphatic carbocycles. The first-order chi connectivity index (χ1) is 10.7. The summed E-state index contributed by atoms with van der Waals surface area (Å²) in [6.45, 7) is 0.825. The van der Waals surface area contributed by atoms with Crippen LogP contribution in [-0.2, 0) is 6.42 Å². The molecule has 3 rings (SSSR count). The standard InChI is InChI=1S/C17H15BrN2OS/c18-14-9-3-2-8-13(14)16(21)19-17(22)20-11-5-7-12-6-1-4-10-15(12)20/h1-4,6,8-10H,5,7,11H2,(H,19,21,22). The monoisotopic (exact) mass is 374 g/mol. The number of para-hydroxylation sites is 1. The number of thiocarbonyl (C=S) groups is 1. The van der Waals surface area contributed by atoms with Crippen molar-refractivity contribution in [1.29, 1.82) is 0 Å². The third kappa shape index (κ3) is 3.05. The van der Waals surface area contributed by atoms with E-state index in [-0.39, 0.29) is 5.91 Å². The predicted octanol–water partition coefficient (Wildman–Crippen LogP) is 3.92. The van der Waals surface area contributed by atoms with Crippen molar-refractivity contribution in [3.05, 3.63) is 64.1 Å². The van der Waals surface area contributed by atoms with Gasteiger partial charge in [0, 0.05) is 16.7 Å². The molecule has 0 fully saturated rings. The molecule has 2 aromatic rings. The van der Waals surface area contributed by atoms with E-state index in [0.29, 0.717) is 10.7 Å². The Morgan fingerprint density at radius 2 is 1.86 bits per heavy atom. The van der Waals surface area contributed by atoms with Gasteiger partial charge in [0.2, 0.25) is 0 Å². The molecule has 1 heterocycles. The second-order valence-electron chi connectivity index (χ2n) is 5.12. The van der Waals surface area contributed by atoms with Crippen LogP contribution >= 0.6 is 28.1 Å². The first kappa shape index (κ1) is 15.2. The van der Waals surface area contributed by atoms with E-state index in [9.17, 15) is 4.79 Å². The molecule has 0 bridgehead atoms. The Balaban J connectivity index is 1.79. The van der Waals surface area contributed by atoms with Crippen molar-refractivity contribution in [2.45, 2.75) is 12.8 Å². The Bertz CT molecular complexity index is 732. The van der Waals surface area contributed by atoms with Crippen molar-refractivity contribution < 1.29 is 4.79 Å². The van der Waals surface area contributed by atoms with E-state index in [1.165, 1.54) is 5.56 Å². The Morgan fingerprint density at radius 3 is 2.68 bits per heavy atom. The molecule has 0 spiro atoms. The molecule has 0 saturated heterocycles. The Morgan fingerprint density at radius 1 is 1.14 bits per heavy atom. The maximum Gasteiger partial charge on any atom is 0.258 e. The fourth-order valence-electron chi connectivity index (χ4n) is 2.62. The normalized spacial score (nSPS) is 13.4. The molecule has 112 valence electrons. The minimum Gasteiger partial charge on any atom is -0.318 e. The van der Waals surface area contributed by atoms with Crippen LogP contribution in [0, 0.1) is 0 Å². The van der Waals surface area contributed by atoms with Crippen molar-refractivity contribution in [1.82, 2.24) is 5.32 Å². The molecule has 0 saturated carbocycles. The van der Waals surface area contributed by atoms with Crippen molar-refractivity contribution in [3.8, 4) is 0 Å². The predicted molar refractivity (Wildman–Crippen MR) is 96.3 cm³/mol. The molecule has 1 aliphatic heterocycles. The first-order valence-corrected chi connectivity index (χ1v) is 8.32. The third-order valence-corrected chi connectivity index (χ3v) is 4.71. The van der Waals surface area contributed by atoms with E-state index < -0.39 is 0 Å². The lowest BCUT2D eigenvalue weighted by Gasteiger charge is -2.31. The highest BCUT2D eigenvalue weighted by Crippen LogP contribution is 2.26. The molecule has 0 radical (unpaired) electrons. The van der Waals surface area contributed by atoms with Gasteiger partial charge in [0.05, 0.1) is 5.56 Å². The second-order valence-corrected chi connectivity index (χ2v) is 6.36. The SMILES string of the molecule is O=C(NC(=S)N1CCCc2ccccc21)c1ccccc1Br. The van der Waals surface area contributed by atoms with E-state index in [0.717, 1.165) is 29.5 Å². The molecule has 1 amide bonds. The Hall–Kier alpha value is -1.72. The molecular weight excluding hydrogens is 360 g/mol. The first-order valence-electron chi connectivity index (χ1n) is 7.12. The average molecular weight is 375 g/mol. The zero-order chi connectivity index (χ0) is 15.5. The molecule has 5 heteroatoms. The quantitative estimate of drug-likeness (QED) is 0.767. The zero-order valence-electron chi connectivity index (χ0n) is 11.9. The van der Waals surface area contributed by atoms with Crippen LogP contribution < -0.4 is 10.2 Å². The number of nitrogens with one attached hydrogen (secondary N) is 1. The maximum atomic E-state index is 12.4. The molecule has 1 aliphatic rings. The molecule has 0 unspecified atom stereocenters. The van der Waals surface area contributed by atoms with Crippen molar-refractivity contribution in [2.24, 2.45) is 0 Å². The van der Waals surface area contributed by atoms with Crippen LogP contribution in [0.5, 0.6) is 0 Å². The lowest BCUT2D eigenvalue weighted by atomic mass is 10.0. The van der Waals surface area contributed by atoms with Gasteiger partial charge in [-0.25, -0.2) is 0 Å². The van der Waals surface area contributed by atoms with E-state index in [2.05, 4.69) is 27.3 Å². The largest absolute Gasteiger partial charge is 0.318 e. The fraction of sp³-hybridized carbons (Fsp3) is 0.176. The van der Waals surface area contributed by atoms with Crippen LogP contribution in [0.4, 0.5) is 5.69 Å². The van der Waals surface area contributed by atoms with Crippen LogP contribution in [0.2, 0.25) is 0 Å². The van der Waals surface area contributed by atoms with Gasteiger partial charge in [0.25, 0.3) is 5.91 Å². The van der Waals surface area contributed by atoms with Crippen LogP contribution in [-0.4, -0.2) is 17.6 Å². The number of carbonyl (C=O) groups excluding carboxylic acids is 1. The second kappa shape index (κ2) is 6.58. The number of anilines is 1. The number of rotatable bonds is 1. The molecule has 0 aromatic heterocycles. The summed E-state index contributed by atoms with van der Waals surface area (Å²) in [6, 6.07) is 15.5. The lowest BCUT2D eigenvalue weighted by molar-refractivity contribution is 0.0976. The van der Waals surface area contributed by atoms with Gasteiger partial charge in [0.15, 0.2) is 5.11 Å². The molecule has 1 N–H and O–H groups in total. The fourth-order valence-corrected chi connectivity index (χ4v) is 3.37. The van der Waals surface area contributed by atoms with E-state index >= 15 is 0 Å². The van der Waals surface area contributed by atoms with Gasteiger partial charge in [-0.3, -0.25) is 10.1 Å². The summed E-state index contributed by atoms with van der Waals surface area (Å²) in [7, 11) is 0. The summed E-state index contributed by atoms with van der Waals surface area (Å²) in [6.07, 6.45) is 2.08. The highest BCUT2D eigenvalue weighted by Gasteiger charge is 2.21. The number of halogens is 1. The number of nitrogens with zero attached hydrogens (tertiary/aromatic N) is 1. The minimum absolute atomic E-state index is 0.194. The number of carbonyl (C=O) groups is 1. The molecule has 3 nitrogen and oxygen atoms in total. The Labute approximate surface area is 143 Å². The number of hydrogen-bond acceptors (Lipinski definition) is 2. The summed E-state index contributed by atoms with van der Waals surface area (Å²) in [4.78, 5) is 14.4. The number of aryl methyl sites for hydroxylation is 1. The van der Waals surface area contributed by atoms with Crippen LogP contribution in [0.1, 0.15) is 22.3 Å². The number of benzene rings is 2. The third-order valence-electron chi connectivity index (χ3n) is 3.69. The van der Waals surface area contributed by atoms with E-state index in [1.54, 1.807) is 6.07 Å². The highest BCUT2D eigenvalue weighted by atomic mass is 79.9. The minimum atomic E-state index is -0.194. The van der Waals surface area contributed by atoms with Crippen molar-refractivity contribution in [2.75, 3.05) is 11.4 Å². The van der Waals surface area contributed by atoms with Crippen LogP contribution in [0.15, 0.2) is 53.0 Å². The zero-order valence-corrected chi connectivity index (χ0v) is 14.3. The summed E-state index contributed by atoms with van der Waals surface area (Å²) < 4.78 is 0.759. The highest BCUT2D eigenvalue weighted by molar-refractivity contribution is 9.10. The topological polar surface area (TPSA) is 32.3 Å². The number of fused-ring (bicyclic) bond motifs is 1. The molecule has 2 aromatic carbocycles. The molecular formula is C17H15BrN2OS. The van der Waals surface area contributed by atoms with Gasteiger partial charge in [-0.15, -0.1) is 0 Å². The molecule has 0 atom stereocenters. The van der Waals surface area contributed by atoms with Crippen LogP contribution in [0.25, 0.3) is 0 Å². The number of hydrogen-bond donors (Lipinski definition) is 1. The summed E-state index contributed by atoms with van der Waals surface area (Å²) >= 11 is 8.84. The smallest absolute Gasteiger partial charge is 0.258 e. The van der Waals surface area contributed by atoms with Gasteiger partial charge in [0.1, 0.15) is 0 Å². The van der Waals surface area contributed by atoms with Crippen LogP contribution in [0.3, 0.4) is 0 Å². The molecule has 22 heavy (non-hydrogen) atoms. The number of amides is 1. The Kier molecular flexibility index (Phi) is 4.55. The van der Waals surface area contributed by atoms with E-state index in [4.69, 9.17) is 12.2 Å². The van der Waals surface area contributed by atoms with Crippen molar-refractivity contribution >= 4 is 44.9 Å². The average Bonchev–Trinajstić information content (AvgIpc) is 2.54. The van der Waals surface area contributed by atoms with Gasteiger partial charge < -0.3 is 4.90 Å². The summed E-state index contributed by atoms with van der Waals surface area (Å²) in [5.41, 5.74) is 2.94. The maximum absolute atomic E-state index is 12.4. The van der Waals surface area contributed by atoms with Gasteiger partial charge >= 0.3 is 0 Å². The summed E-state index contributed by atoms with van der Waals surface area (Å²) in [5, 5.41) is 3.29. The van der Waals surface area contributed by atoms with E-state index in [1.807, 2.05) is 41.3 Å². The lowest BCUT2D eigenvalue weighted by Crippen LogP contribution is -2.45. The summed E-state index contributed by atoms with van der Waals surface area (Å²) in [5.74, 6) is -0.194. The van der Waals surface area contributed by atoms with Crippen molar-refractivity contribution in [3.63, 3.8) is 0 Å². The van der Waals surface area contributed by atoms with Gasteiger partial charge in [-0.1, -0.05) is 30.3 Å².